The van der Waals surface area contributed by atoms with Gasteiger partial charge in [-0.15, -0.1) is 0 Å². The van der Waals surface area contributed by atoms with Gasteiger partial charge in [-0.25, -0.2) is 4.68 Å². The smallest absolute Gasteiger partial charge is 0.295 e. The van der Waals surface area contributed by atoms with E-state index < -0.39 is 5.91 Å². The molecule has 1 aromatic heterocycles. The Hall–Kier alpha value is -3.85. The Morgan fingerprint density at radius 3 is 2.38 bits per heavy atom. The Morgan fingerprint density at radius 2 is 1.76 bits per heavy atom. The van der Waals surface area contributed by atoms with E-state index in [1.807, 2.05) is 68.4 Å². The molecule has 1 amide bonds. The lowest BCUT2D eigenvalue weighted by Gasteiger charge is -2.07. The minimum absolute atomic E-state index is 0.0674. The molecule has 0 atom stereocenters. The van der Waals surface area contributed by atoms with Gasteiger partial charge in [0.15, 0.2) is 0 Å². The van der Waals surface area contributed by atoms with E-state index in [-0.39, 0.29) is 16.8 Å². The highest BCUT2D eigenvalue weighted by atomic mass is 16.2. The molecule has 29 heavy (non-hydrogen) atoms. The van der Waals surface area contributed by atoms with Crippen molar-refractivity contribution in [2.75, 3.05) is 5.32 Å². The Balaban J connectivity index is 1.96. The second-order valence-corrected chi connectivity index (χ2v) is 6.90. The number of rotatable bonds is 4. The summed E-state index contributed by atoms with van der Waals surface area (Å²) < 4.78 is 3.15. The highest BCUT2D eigenvalue weighted by Gasteiger charge is 2.19. The summed E-state index contributed by atoms with van der Waals surface area (Å²) in [5.74, 6) is -0.614. The fourth-order valence-corrected chi connectivity index (χ4v) is 3.06. The number of anilines is 1. The standard InChI is InChI=1S/C23H22N4O2/c1-15-10-11-18(12-16(15)2)13-19(14-24)22(28)25-21-17(3)26(4)27(23(21)29)20-8-6-5-7-9-20/h5-13H,1-4H3,(H,25,28)/b19-13+. The summed E-state index contributed by atoms with van der Waals surface area (Å²) >= 11 is 0. The lowest BCUT2D eigenvalue weighted by molar-refractivity contribution is -0.112. The largest absolute Gasteiger partial charge is 0.315 e. The second kappa shape index (κ2) is 8.03. The lowest BCUT2D eigenvalue weighted by Crippen LogP contribution is -2.23. The summed E-state index contributed by atoms with van der Waals surface area (Å²) in [5, 5.41) is 12.1. The van der Waals surface area contributed by atoms with Crippen molar-refractivity contribution in [1.29, 1.82) is 5.26 Å². The van der Waals surface area contributed by atoms with Gasteiger partial charge in [0, 0.05) is 7.05 Å². The molecule has 0 saturated heterocycles. The quantitative estimate of drug-likeness (QED) is 0.549. The lowest BCUT2D eigenvalue weighted by atomic mass is 10.0. The number of carbonyl (C=O) groups excluding carboxylic acids is 1. The monoisotopic (exact) mass is 386 g/mol. The fourth-order valence-electron chi connectivity index (χ4n) is 3.06. The zero-order valence-corrected chi connectivity index (χ0v) is 16.9. The van der Waals surface area contributed by atoms with Crippen molar-refractivity contribution in [2.24, 2.45) is 7.05 Å². The maximum Gasteiger partial charge on any atom is 0.295 e. The van der Waals surface area contributed by atoms with Gasteiger partial charge in [-0.3, -0.25) is 14.3 Å². The van der Waals surface area contributed by atoms with E-state index in [1.165, 1.54) is 10.8 Å². The van der Waals surface area contributed by atoms with Crippen LogP contribution < -0.4 is 10.9 Å². The zero-order valence-electron chi connectivity index (χ0n) is 16.9. The van der Waals surface area contributed by atoms with Gasteiger partial charge in [0.05, 0.1) is 11.4 Å². The van der Waals surface area contributed by atoms with Crippen LogP contribution in [-0.2, 0) is 11.8 Å². The molecule has 1 N–H and O–H groups in total. The molecule has 6 heteroatoms. The van der Waals surface area contributed by atoms with Crippen molar-refractivity contribution in [3.63, 3.8) is 0 Å². The highest BCUT2D eigenvalue weighted by Crippen LogP contribution is 2.17. The van der Waals surface area contributed by atoms with Crippen LogP contribution in [0.4, 0.5) is 5.69 Å². The Labute approximate surface area is 169 Å². The molecule has 0 radical (unpaired) electrons. The van der Waals surface area contributed by atoms with Crippen molar-refractivity contribution in [3.05, 3.63) is 86.8 Å². The number of aryl methyl sites for hydroxylation is 2. The number of benzene rings is 2. The van der Waals surface area contributed by atoms with Crippen LogP contribution in [0.5, 0.6) is 0 Å². The molecule has 0 unspecified atom stereocenters. The normalized spacial score (nSPS) is 11.2. The fraction of sp³-hybridized carbons (Fsp3) is 0.174. The summed E-state index contributed by atoms with van der Waals surface area (Å²) in [6.07, 6.45) is 1.52. The molecule has 0 bridgehead atoms. The first kappa shape index (κ1) is 19.9. The van der Waals surface area contributed by atoms with Crippen molar-refractivity contribution in [1.82, 2.24) is 9.36 Å². The third-order valence-electron chi connectivity index (χ3n) is 5.00. The molecule has 0 fully saturated rings. The van der Waals surface area contributed by atoms with Crippen LogP contribution in [0.2, 0.25) is 0 Å². The number of nitriles is 1. The number of nitrogens with one attached hydrogen (secondary N) is 1. The van der Waals surface area contributed by atoms with Crippen molar-refractivity contribution in [3.8, 4) is 11.8 Å². The van der Waals surface area contributed by atoms with E-state index in [0.717, 1.165) is 16.7 Å². The second-order valence-electron chi connectivity index (χ2n) is 6.90. The topological polar surface area (TPSA) is 79.8 Å². The first-order valence-corrected chi connectivity index (χ1v) is 9.18. The molecular formula is C23H22N4O2. The van der Waals surface area contributed by atoms with Gasteiger partial charge in [-0.1, -0.05) is 36.4 Å². The van der Waals surface area contributed by atoms with Crippen LogP contribution in [-0.4, -0.2) is 15.3 Å². The van der Waals surface area contributed by atoms with Gasteiger partial charge < -0.3 is 5.32 Å². The number of hydrogen-bond donors (Lipinski definition) is 1. The minimum Gasteiger partial charge on any atom is -0.315 e. The number of para-hydroxylation sites is 1. The zero-order chi connectivity index (χ0) is 21.1. The van der Waals surface area contributed by atoms with Gasteiger partial charge in [-0.05, 0) is 55.7 Å². The van der Waals surface area contributed by atoms with E-state index in [9.17, 15) is 14.9 Å². The van der Waals surface area contributed by atoms with Crippen LogP contribution in [0, 0.1) is 32.1 Å². The number of hydrogen-bond acceptors (Lipinski definition) is 3. The maximum absolute atomic E-state index is 12.9. The number of aromatic nitrogens is 2. The van der Waals surface area contributed by atoms with Gasteiger partial charge in [0.25, 0.3) is 11.5 Å². The number of amides is 1. The van der Waals surface area contributed by atoms with Crippen LogP contribution in [0.1, 0.15) is 22.4 Å². The third kappa shape index (κ3) is 3.90. The molecular weight excluding hydrogens is 364 g/mol. The molecule has 0 aliphatic rings. The van der Waals surface area contributed by atoms with E-state index in [2.05, 4.69) is 5.32 Å². The van der Waals surface area contributed by atoms with E-state index >= 15 is 0 Å². The Morgan fingerprint density at radius 1 is 1.07 bits per heavy atom. The number of carbonyl (C=O) groups is 1. The predicted molar refractivity (Wildman–Crippen MR) is 114 cm³/mol. The SMILES string of the molecule is Cc1ccc(/C=C(\C#N)C(=O)Nc2c(C)n(C)n(-c3ccccc3)c2=O)cc1C. The van der Waals surface area contributed by atoms with Gasteiger partial charge in [-0.2, -0.15) is 5.26 Å². The molecule has 2 aromatic carbocycles. The van der Waals surface area contributed by atoms with Crippen molar-refractivity contribution < 1.29 is 4.79 Å². The summed E-state index contributed by atoms with van der Waals surface area (Å²) in [7, 11) is 1.75. The van der Waals surface area contributed by atoms with Crippen LogP contribution in [0.25, 0.3) is 11.8 Å². The first-order chi connectivity index (χ1) is 13.8. The van der Waals surface area contributed by atoms with Crippen LogP contribution in [0.3, 0.4) is 0 Å². The Bertz CT molecular complexity index is 1210. The summed E-state index contributed by atoms with van der Waals surface area (Å²) in [6.45, 7) is 5.71. The van der Waals surface area contributed by atoms with Gasteiger partial charge in [0.1, 0.15) is 17.3 Å². The van der Waals surface area contributed by atoms with Gasteiger partial charge >= 0.3 is 0 Å². The predicted octanol–water partition coefficient (Wildman–Crippen LogP) is 3.65. The minimum atomic E-state index is -0.614. The average molecular weight is 386 g/mol. The molecule has 3 aromatic rings. The molecule has 0 spiro atoms. The molecule has 0 saturated carbocycles. The third-order valence-corrected chi connectivity index (χ3v) is 5.00. The number of nitrogens with zero attached hydrogens (tertiary/aromatic N) is 3. The summed E-state index contributed by atoms with van der Waals surface area (Å²) in [6, 6.07) is 16.8. The van der Waals surface area contributed by atoms with Crippen LogP contribution in [0.15, 0.2) is 58.9 Å². The van der Waals surface area contributed by atoms with Crippen molar-refractivity contribution >= 4 is 17.7 Å². The summed E-state index contributed by atoms with van der Waals surface area (Å²) in [5.41, 5.74) is 3.97. The maximum atomic E-state index is 12.9. The Kier molecular flexibility index (Phi) is 5.51. The highest BCUT2D eigenvalue weighted by molar-refractivity contribution is 6.09. The average Bonchev–Trinajstić information content (AvgIpc) is 2.92. The first-order valence-electron chi connectivity index (χ1n) is 9.18. The van der Waals surface area contributed by atoms with E-state index in [1.54, 1.807) is 18.7 Å². The molecule has 6 nitrogen and oxygen atoms in total. The van der Waals surface area contributed by atoms with E-state index in [0.29, 0.717) is 11.4 Å². The van der Waals surface area contributed by atoms with Crippen molar-refractivity contribution in [2.45, 2.75) is 20.8 Å². The molecule has 0 aliphatic carbocycles. The molecule has 1 heterocycles. The van der Waals surface area contributed by atoms with Gasteiger partial charge in [0.2, 0.25) is 0 Å². The molecule has 146 valence electrons. The summed E-state index contributed by atoms with van der Waals surface area (Å²) in [4.78, 5) is 25.6. The molecule has 3 rings (SSSR count). The van der Waals surface area contributed by atoms with E-state index in [4.69, 9.17) is 0 Å². The molecule has 0 aliphatic heterocycles. The van der Waals surface area contributed by atoms with Crippen LogP contribution >= 0.6 is 0 Å².